The topological polar surface area (TPSA) is 51.0 Å². The summed E-state index contributed by atoms with van der Waals surface area (Å²) in [6.45, 7) is 5.90. The van der Waals surface area contributed by atoms with Gasteiger partial charge in [-0.2, -0.15) is 5.10 Å². The Morgan fingerprint density at radius 2 is 1.95 bits per heavy atom. The number of anilines is 1. The Morgan fingerprint density at radius 1 is 1.24 bits per heavy atom. The van der Waals surface area contributed by atoms with Gasteiger partial charge in [0.2, 0.25) is 0 Å². The summed E-state index contributed by atoms with van der Waals surface area (Å²) in [5.74, 6) is 0. The van der Waals surface area contributed by atoms with Crippen LogP contribution in [0.25, 0.3) is 0 Å². The van der Waals surface area contributed by atoms with Crippen LogP contribution in [0.4, 0.5) is 5.69 Å². The lowest BCUT2D eigenvalue weighted by atomic mass is 10.3. The van der Waals surface area contributed by atoms with Crippen LogP contribution in [0.15, 0.2) is 29.2 Å². The van der Waals surface area contributed by atoms with E-state index in [1.54, 1.807) is 24.4 Å². The third-order valence-electron chi connectivity index (χ3n) is 3.17. The molecule has 21 heavy (non-hydrogen) atoms. The number of pyridine rings is 1. The lowest BCUT2D eigenvalue weighted by Crippen LogP contribution is -2.28. The molecule has 5 nitrogen and oxygen atoms in total. The Labute approximate surface area is 133 Å². The van der Waals surface area contributed by atoms with Crippen LogP contribution < -0.4 is 10.5 Å². The molecular formula is C14H16Cl2N4O. The fourth-order valence-corrected chi connectivity index (χ4v) is 2.34. The highest BCUT2D eigenvalue weighted by atomic mass is 35.5. The van der Waals surface area contributed by atoms with Crippen molar-refractivity contribution in [2.75, 3.05) is 18.0 Å². The van der Waals surface area contributed by atoms with Crippen LogP contribution >= 0.6 is 23.2 Å². The van der Waals surface area contributed by atoms with E-state index in [2.05, 4.69) is 15.0 Å². The van der Waals surface area contributed by atoms with Crippen molar-refractivity contribution in [3.05, 3.63) is 50.6 Å². The smallest absolute Gasteiger partial charge is 0.269 e. The molecule has 7 heteroatoms. The quantitative estimate of drug-likeness (QED) is 0.793. The highest BCUT2D eigenvalue weighted by molar-refractivity contribution is 6.32. The van der Waals surface area contributed by atoms with Crippen LogP contribution in [0.3, 0.4) is 0 Å². The first-order valence-corrected chi connectivity index (χ1v) is 7.43. The van der Waals surface area contributed by atoms with Crippen molar-refractivity contribution in [2.45, 2.75) is 20.4 Å². The highest BCUT2D eigenvalue weighted by Gasteiger charge is 2.09. The summed E-state index contributed by atoms with van der Waals surface area (Å²) in [6, 6.07) is 4.83. The van der Waals surface area contributed by atoms with E-state index in [-0.39, 0.29) is 12.1 Å². The second-order valence-corrected chi connectivity index (χ2v) is 5.24. The molecule has 0 atom stereocenters. The first-order valence-electron chi connectivity index (χ1n) is 6.68. The molecule has 2 aromatic heterocycles. The van der Waals surface area contributed by atoms with E-state index in [1.165, 1.54) is 4.68 Å². The third-order valence-corrected chi connectivity index (χ3v) is 3.72. The summed E-state index contributed by atoms with van der Waals surface area (Å²) in [4.78, 5) is 18.3. The van der Waals surface area contributed by atoms with E-state index < -0.39 is 0 Å². The van der Waals surface area contributed by atoms with Gasteiger partial charge in [-0.1, -0.05) is 23.2 Å². The Hall–Kier alpha value is -1.59. The van der Waals surface area contributed by atoms with Gasteiger partial charge in [-0.05, 0) is 26.0 Å². The Bertz CT molecular complexity index is 683. The van der Waals surface area contributed by atoms with Crippen LogP contribution in [-0.2, 0) is 6.54 Å². The van der Waals surface area contributed by atoms with E-state index in [1.807, 2.05) is 13.8 Å². The maximum Gasteiger partial charge on any atom is 0.269 e. The third kappa shape index (κ3) is 3.74. The lowest BCUT2D eigenvalue weighted by Gasteiger charge is -2.20. The van der Waals surface area contributed by atoms with Gasteiger partial charge in [0.05, 0.1) is 29.1 Å². The summed E-state index contributed by atoms with van der Waals surface area (Å²) in [5.41, 5.74) is 1.14. The molecular weight excluding hydrogens is 311 g/mol. The van der Waals surface area contributed by atoms with E-state index in [0.29, 0.717) is 15.9 Å². The molecule has 0 bridgehead atoms. The average molecular weight is 327 g/mol. The summed E-state index contributed by atoms with van der Waals surface area (Å²) >= 11 is 11.9. The first kappa shape index (κ1) is 15.8. The second kappa shape index (κ2) is 6.91. The van der Waals surface area contributed by atoms with Gasteiger partial charge in [-0.25, -0.2) is 9.67 Å². The predicted molar refractivity (Wildman–Crippen MR) is 85.4 cm³/mol. The van der Waals surface area contributed by atoms with Gasteiger partial charge in [0.25, 0.3) is 5.56 Å². The van der Waals surface area contributed by atoms with Crippen LogP contribution in [0.1, 0.15) is 19.5 Å². The zero-order chi connectivity index (χ0) is 15.4. The number of halogens is 2. The highest BCUT2D eigenvalue weighted by Crippen LogP contribution is 2.17. The zero-order valence-electron chi connectivity index (χ0n) is 11.9. The van der Waals surface area contributed by atoms with Crippen LogP contribution in [0.5, 0.6) is 0 Å². The minimum Gasteiger partial charge on any atom is -0.371 e. The molecule has 0 aliphatic carbocycles. The Balaban J connectivity index is 2.30. The lowest BCUT2D eigenvalue weighted by molar-refractivity contribution is 0.626. The molecule has 0 saturated heterocycles. The fourth-order valence-electron chi connectivity index (χ4n) is 2.01. The van der Waals surface area contributed by atoms with Crippen molar-refractivity contribution >= 4 is 28.9 Å². The van der Waals surface area contributed by atoms with Gasteiger partial charge in [0.1, 0.15) is 5.15 Å². The standard InChI is InChI=1S/C14H16Cl2N4O/c1-3-19(4-2)10-7-14(21)20(17-8-10)9-12-11(15)5-6-13(16)18-12/h5-8H,3-4,9H2,1-2H3. The van der Waals surface area contributed by atoms with Crippen molar-refractivity contribution < 1.29 is 0 Å². The molecule has 0 unspecified atom stereocenters. The molecule has 0 aliphatic heterocycles. The van der Waals surface area contributed by atoms with Gasteiger partial charge in [-0.15, -0.1) is 0 Å². The van der Waals surface area contributed by atoms with E-state index in [9.17, 15) is 4.79 Å². The molecule has 0 fully saturated rings. The van der Waals surface area contributed by atoms with Gasteiger partial charge < -0.3 is 4.90 Å². The molecule has 0 radical (unpaired) electrons. The summed E-state index contributed by atoms with van der Waals surface area (Å²) in [7, 11) is 0. The second-order valence-electron chi connectivity index (χ2n) is 4.44. The van der Waals surface area contributed by atoms with Gasteiger partial charge in [0, 0.05) is 19.2 Å². The molecule has 0 spiro atoms. The number of nitrogens with zero attached hydrogens (tertiary/aromatic N) is 4. The zero-order valence-corrected chi connectivity index (χ0v) is 13.4. The van der Waals surface area contributed by atoms with Gasteiger partial charge in [0.15, 0.2) is 0 Å². The Morgan fingerprint density at radius 3 is 2.57 bits per heavy atom. The van der Waals surface area contributed by atoms with Crippen LogP contribution in [0.2, 0.25) is 10.2 Å². The molecule has 112 valence electrons. The number of hydrogen-bond acceptors (Lipinski definition) is 4. The van der Waals surface area contributed by atoms with Crippen molar-refractivity contribution in [1.29, 1.82) is 0 Å². The maximum atomic E-state index is 12.1. The monoisotopic (exact) mass is 326 g/mol. The summed E-state index contributed by atoms with van der Waals surface area (Å²) < 4.78 is 1.32. The molecule has 2 rings (SSSR count). The molecule has 2 heterocycles. The van der Waals surface area contributed by atoms with Gasteiger partial charge >= 0.3 is 0 Å². The Kier molecular flexibility index (Phi) is 5.20. The van der Waals surface area contributed by atoms with Crippen LogP contribution in [0, 0.1) is 0 Å². The summed E-state index contributed by atoms with van der Waals surface area (Å²) in [6.07, 6.45) is 1.67. The minimum atomic E-state index is -0.197. The maximum absolute atomic E-state index is 12.1. The number of aromatic nitrogens is 3. The van der Waals surface area contributed by atoms with Gasteiger partial charge in [-0.3, -0.25) is 4.79 Å². The normalized spacial score (nSPS) is 10.7. The van der Waals surface area contributed by atoms with Crippen molar-refractivity contribution in [1.82, 2.24) is 14.8 Å². The number of rotatable bonds is 5. The fraction of sp³-hybridized carbons (Fsp3) is 0.357. The SMILES string of the molecule is CCN(CC)c1cnn(Cc2nc(Cl)ccc2Cl)c(=O)c1. The van der Waals surface area contributed by atoms with Crippen molar-refractivity contribution in [2.24, 2.45) is 0 Å². The van der Waals surface area contributed by atoms with E-state index in [4.69, 9.17) is 23.2 Å². The predicted octanol–water partition coefficient (Wildman–Crippen LogP) is 2.84. The molecule has 0 saturated carbocycles. The van der Waals surface area contributed by atoms with Crippen molar-refractivity contribution in [3.8, 4) is 0 Å². The first-order chi connectivity index (χ1) is 10.0. The molecule has 0 amide bonds. The minimum absolute atomic E-state index is 0.191. The van der Waals surface area contributed by atoms with E-state index >= 15 is 0 Å². The van der Waals surface area contributed by atoms with Crippen molar-refractivity contribution in [3.63, 3.8) is 0 Å². The molecule has 0 N–H and O–H groups in total. The van der Waals surface area contributed by atoms with Crippen LogP contribution in [-0.4, -0.2) is 27.9 Å². The molecule has 0 aliphatic rings. The summed E-state index contributed by atoms with van der Waals surface area (Å²) in [5, 5.41) is 4.98. The average Bonchev–Trinajstić information content (AvgIpc) is 2.47. The molecule has 2 aromatic rings. The number of hydrogen-bond donors (Lipinski definition) is 0. The molecule has 0 aromatic carbocycles. The largest absolute Gasteiger partial charge is 0.371 e. The van der Waals surface area contributed by atoms with E-state index in [0.717, 1.165) is 18.8 Å².